The van der Waals surface area contributed by atoms with Gasteiger partial charge in [0, 0.05) is 16.7 Å². The van der Waals surface area contributed by atoms with Gasteiger partial charge in [0.15, 0.2) is 11.8 Å². The highest BCUT2D eigenvalue weighted by atomic mass is 35.5. The van der Waals surface area contributed by atoms with Crippen molar-refractivity contribution >= 4 is 22.4 Å². The van der Waals surface area contributed by atoms with Crippen LogP contribution in [0.25, 0.3) is 21.9 Å². The van der Waals surface area contributed by atoms with Crippen LogP contribution in [0, 0.1) is 0 Å². The number of halogens is 1. The number of aromatic amines is 1. The minimum atomic E-state index is -0.0680. The van der Waals surface area contributed by atoms with Crippen LogP contribution in [0.2, 0.25) is 5.02 Å². The van der Waals surface area contributed by atoms with Crippen LogP contribution < -0.4 is 0 Å². The normalized spacial score (nSPS) is 10.9. The molecule has 0 fully saturated rings. The summed E-state index contributed by atoms with van der Waals surface area (Å²) in [6.45, 7) is 0. The summed E-state index contributed by atoms with van der Waals surface area (Å²) in [7, 11) is 0. The molecule has 0 bridgehead atoms. The lowest BCUT2D eigenvalue weighted by Gasteiger charge is -2.05. The van der Waals surface area contributed by atoms with Crippen LogP contribution in [0.3, 0.4) is 0 Å². The van der Waals surface area contributed by atoms with Crippen LogP contribution in [0.1, 0.15) is 0 Å². The van der Waals surface area contributed by atoms with Crippen molar-refractivity contribution in [1.82, 2.24) is 4.98 Å². The molecule has 0 saturated heterocycles. The van der Waals surface area contributed by atoms with E-state index in [4.69, 9.17) is 11.6 Å². The van der Waals surface area contributed by atoms with E-state index >= 15 is 0 Å². The van der Waals surface area contributed by atoms with Crippen molar-refractivity contribution in [1.29, 1.82) is 0 Å². The zero-order chi connectivity index (χ0) is 12.7. The summed E-state index contributed by atoms with van der Waals surface area (Å²) in [5, 5.41) is 21.7. The van der Waals surface area contributed by atoms with E-state index in [0.717, 1.165) is 16.3 Å². The highest BCUT2D eigenvalue weighted by Crippen LogP contribution is 2.37. The molecule has 0 aliphatic rings. The molecule has 0 atom stereocenters. The minimum Gasteiger partial charge on any atom is -0.494 e. The summed E-state index contributed by atoms with van der Waals surface area (Å²) in [5.74, 6) is -0.124. The van der Waals surface area contributed by atoms with Gasteiger partial charge < -0.3 is 10.2 Å². The molecule has 4 heteroatoms. The van der Waals surface area contributed by atoms with E-state index in [1.165, 1.54) is 6.07 Å². The fraction of sp³-hybridized carbons (Fsp3) is 0. The first-order valence-corrected chi connectivity index (χ1v) is 5.82. The van der Waals surface area contributed by atoms with Crippen LogP contribution in [0.5, 0.6) is 11.8 Å². The molecule has 3 N–H and O–H groups in total. The summed E-state index contributed by atoms with van der Waals surface area (Å²) >= 11 is 6.00. The zero-order valence-corrected chi connectivity index (χ0v) is 10.1. The van der Waals surface area contributed by atoms with E-state index in [9.17, 15) is 10.2 Å². The van der Waals surface area contributed by atoms with Crippen molar-refractivity contribution in [2.45, 2.75) is 0 Å². The van der Waals surface area contributed by atoms with Gasteiger partial charge in [-0.15, -0.1) is 0 Å². The van der Waals surface area contributed by atoms with Crippen molar-refractivity contribution in [2.75, 3.05) is 0 Å². The van der Waals surface area contributed by atoms with Crippen LogP contribution in [-0.2, 0) is 0 Å². The van der Waals surface area contributed by atoms with Crippen LogP contribution in [-0.4, -0.2) is 15.2 Å². The predicted molar refractivity (Wildman–Crippen MR) is 72.1 cm³/mol. The zero-order valence-electron chi connectivity index (χ0n) is 9.31. The van der Waals surface area contributed by atoms with Crippen molar-refractivity contribution < 1.29 is 10.2 Å². The second kappa shape index (κ2) is 3.96. The number of H-pyrrole nitrogens is 1. The Bertz CT molecular complexity index is 734. The van der Waals surface area contributed by atoms with Crippen molar-refractivity contribution in [3.63, 3.8) is 0 Å². The van der Waals surface area contributed by atoms with Gasteiger partial charge in [-0.3, -0.25) is 4.98 Å². The minimum absolute atomic E-state index is 0.0556. The molecule has 0 aliphatic heterocycles. The molecule has 18 heavy (non-hydrogen) atoms. The first-order chi connectivity index (χ1) is 8.65. The number of aromatic hydroxyl groups is 2. The van der Waals surface area contributed by atoms with Gasteiger partial charge in [0.2, 0.25) is 0 Å². The molecule has 1 aromatic heterocycles. The van der Waals surface area contributed by atoms with Crippen LogP contribution in [0.4, 0.5) is 0 Å². The highest BCUT2D eigenvalue weighted by Gasteiger charge is 2.11. The summed E-state index contributed by atoms with van der Waals surface area (Å²) in [6, 6.07) is 12.8. The number of benzene rings is 2. The monoisotopic (exact) mass is 259 g/mol. The maximum atomic E-state index is 9.77. The van der Waals surface area contributed by atoms with E-state index in [1.54, 1.807) is 0 Å². The van der Waals surface area contributed by atoms with Gasteiger partial charge in [-0.2, -0.15) is 0 Å². The summed E-state index contributed by atoms with van der Waals surface area (Å²) in [6.07, 6.45) is 0. The Labute approximate surface area is 108 Å². The molecule has 0 radical (unpaired) electrons. The summed E-state index contributed by atoms with van der Waals surface area (Å²) in [5.41, 5.74) is 1.38. The average molecular weight is 260 g/mol. The molecule has 0 amide bonds. The Kier molecular flexibility index (Phi) is 2.42. The van der Waals surface area contributed by atoms with Gasteiger partial charge in [0.1, 0.15) is 0 Å². The Morgan fingerprint density at radius 1 is 0.944 bits per heavy atom. The van der Waals surface area contributed by atoms with E-state index in [0.29, 0.717) is 10.6 Å². The summed E-state index contributed by atoms with van der Waals surface area (Å²) < 4.78 is 0. The number of nitrogens with one attached hydrogen (secondary N) is 1. The molecule has 0 unspecified atom stereocenters. The second-order valence-electron chi connectivity index (χ2n) is 4.09. The lowest BCUT2D eigenvalue weighted by Crippen LogP contribution is -1.80. The third-order valence-corrected chi connectivity index (χ3v) is 3.15. The van der Waals surface area contributed by atoms with Crippen molar-refractivity contribution in [2.24, 2.45) is 0 Å². The standard InChI is InChI=1S/C14H10ClNO2/c15-9-5-4-8-2-1-3-10(11(8)6-9)12-7-13(17)16-14(12)18/h1-7,16-18H. The Balaban J connectivity index is 2.35. The number of hydrogen-bond acceptors (Lipinski definition) is 2. The molecule has 0 aliphatic carbocycles. The van der Waals surface area contributed by atoms with E-state index in [2.05, 4.69) is 4.98 Å². The van der Waals surface area contributed by atoms with E-state index in [1.807, 2.05) is 36.4 Å². The molecule has 3 nitrogen and oxygen atoms in total. The molecule has 3 aromatic rings. The lowest BCUT2D eigenvalue weighted by molar-refractivity contribution is 0.426. The van der Waals surface area contributed by atoms with Crippen LogP contribution >= 0.6 is 11.6 Å². The van der Waals surface area contributed by atoms with Gasteiger partial charge in [-0.1, -0.05) is 35.9 Å². The molecule has 0 spiro atoms. The van der Waals surface area contributed by atoms with E-state index in [-0.39, 0.29) is 11.8 Å². The predicted octanol–water partition coefficient (Wildman–Crippen LogP) is 3.90. The Morgan fingerprint density at radius 3 is 2.50 bits per heavy atom. The lowest BCUT2D eigenvalue weighted by atomic mass is 10.00. The second-order valence-corrected chi connectivity index (χ2v) is 4.52. The Hall–Kier alpha value is -2.13. The van der Waals surface area contributed by atoms with Crippen molar-refractivity contribution in [3.05, 3.63) is 47.5 Å². The quantitative estimate of drug-likeness (QED) is 0.621. The van der Waals surface area contributed by atoms with Crippen LogP contribution in [0.15, 0.2) is 42.5 Å². The fourth-order valence-electron chi connectivity index (χ4n) is 2.11. The maximum Gasteiger partial charge on any atom is 0.199 e. The SMILES string of the molecule is Oc1cc(-c2cccc3ccc(Cl)cc23)c(O)[nH]1. The van der Waals surface area contributed by atoms with E-state index < -0.39 is 0 Å². The molecule has 90 valence electrons. The van der Waals surface area contributed by atoms with Gasteiger partial charge in [0.05, 0.1) is 0 Å². The largest absolute Gasteiger partial charge is 0.494 e. The third-order valence-electron chi connectivity index (χ3n) is 2.92. The smallest absolute Gasteiger partial charge is 0.199 e. The van der Waals surface area contributed by atoms with Crippen molar-refractivity contribution in [3.8, 4) is 22.9 Å². The molecular weight excluding hydrogens is 250 g/mol. The number of fused-ring (bicyclic) bond motifs is 1. The molecule has 3 rings (SSSR count). The average Bonchev–Trinajstić information content (AvgIpc) is 2.67. The highest BCUT2D eigenvalue weighted by molar-refractivity contribution is 6.31. The number of aromatic nitrogens is 1. The Morgan fingerprint density at radius 2 is 1.78 bits per heavy atom. The van der Waals surface area contributed by atoms with Gasteiger partial charge in [-0.05, 0) is 28.5 Å². The fourth-order valence-corrected chi connectivity index (χ4v) is 2.29. The number of rotatable bonds is 1. The molecule has 1 heterocycles. The third kappa shape index (κ3) is 1.69. The number of hydrogen-bond donors (Lipinski definition) is 3. The topological polar surface area (TPSA) is 56.2 Å². The van der Waals surface area contributed by atoms with Gasteiger partial charge in [0.25, 0.3) is 0 Å². The van der Waals surface area contributed by atoms with Gasteiger partial charge >= 0.3 is 0 Å². The maximum absolute atomic E-state index is 9.77. The molecule has 2 aromatic carbocycles. The first-order valence-electron chi connectivity index (χ1n) is 5.45. The molecular formula is C14H10ClNO2. The molecule has 0 saturated carbocycles. The van der Waals surface area contributed by atoms with Gasteiger partial charge in [-0.25, -0.2) is 0 Å². The first kappa shape index (κ1) is 11.0. The summed E-state index contributed by atoms with van der Waals surface area (Å²) in [4.78, 5) is 2.46.